The molecule has 168 valence electrons. The zero-order chi connectivity index (χ0) is 21.2. The number of hydrogen-bond acceptors (Lipinski definition) is 3. The maximum Gasteiger partial charge on any atom is 0.251 e. The molecule has 1 aliphatic heterocycles. The fourth-order valence-electron chi connectivity index (χ4n) is 3.57. The number of nitrogens with one attached hydrogen (secondary N) is 3. The van der Waals surface area contributed by atoms with Gasteiger partial charge in [0, 0.05) is 32.2 Å². The third-order valence-electron chi connectivity index (χ3n) is 5.29. The molecule has 3 rings (SSSR count). The molecule has 1 heterocycles. The molecule has 3 N–H and O–H groups in total. The molecular formula is C24H34IN5O. The molecule has 2 aromatic carbocycles. The molecule has 0 atom stereocenters. The molecule has 0 bridgehead atoms. The van der Waals surface area contributed by atoms with Gasteiger partial charge in [-0.05, 0) is 61.7 Å². The van der Waals surface area contributed by atoms with Gasteiger partial charge in [0.1, 0.15) is 0 Å². The average Bonchev–Trinajstić information content (AvgIpc) is 3.29. The van der Waals surface area contributed by atoms with Crippen molar-refractivity contribution < 1.29 is 4.79 Å². The van der Waals surface area contributed by atoms with Crippen molar-refractivity contribution in [3.63, 3.8) is 0 Å². The average molecular weight is 535 g/mol. The number of rotatable bonds is 8. The second-order valence-corrected chi connectivity index (χ2v) is 7.62. The number of benzene rings is 2. The highest BCUT2D eigenvalue weighted by molar-refractivity contribution is 14.0. The Bertz CT molecular complexity index is 830. The second-order valence-electron chi connectivity index (χ2n) is 7.62. The highest BCUT2D eigenvalue weighted by atomic mass is 127. The first-order valence-electron chi connectivity index (χ1n) is 10.8. The van der Waals surface area contributed by atoms with Crippen LogP contribution in [0.25, 0.3) is 0 Å². The summed E-state index contributed by atoms with van der Waals surface area (Å²) in [7, 11) is 1.63. The Morgan fingerprint density at radius 1 is 0.935 bits per heavy atom. The lowest BCUT2D eigenvalue weighted by atomic mass is 10.1. The summed E-state index contributed by atoms with van der Waals surface area (Å²) in [6, 6.07) is 16.4. The molecule has 0 spiro atoms. The quantitative estimate of drug-likeness (QED) is 0.275. The Labute approximate surface area is 202 Å². The topological polar surface area (TPSA) is 68.8 Å². The number of hydrogen-bond donors (Lipinski definition) is 3. The van der Waals surface area contributed by atoms with Crippen LogP contribution in [0.15, 0.2) is 53.5 Å². The number of halogens is 1. The molecule has 0 radical (unpaired) electrons. The van der Waals surface area contributed by atoms with Crippen molar-refractivity contribution in [2.24, 2.45) is 4.99 Å². The van der Waals surface area contributed by atoms with Crippen LogP contribution < -0.4 is 16.0 Å². The number of amides is 1. The standard InChI is InChI=1S/C24H33N5O.HI/c1-3-26-24(28-17-20-10-12-22(13-11-20)23(30)25-2)27-16-19-6-8-21(9-7-19)18-29-14-4-5-15-29;/h6-13H,3-5,14-18H2,1-2H3,(H,25,30)(H2,26,27,28);1H. The second kappa shape index (κ2) is 13.3. The molecule has 1 fully saturated rings. The summed E-state index contributed by atoms with van der Waals surface area (Å²) < 4.78 is 0. The summed E-state index contributed by atoms with van der Waals surface area (Å²) in [5.41, 5.74) is 4.33. The molecule has 1 amide bonds. The zero-order valence-electron chi connectivity index (χ0n) is 18.5. The Morgan fingerprint density at radius 2 is 1.55 bits per heavy atom. The van der Waals surface area contributed by atoms with E-state index in [0.717, 1.165) is 31.2 Å². The lowest BCUT2D eigenvalue weighted by molar-refractivity contribution is 0.0963. The normalized spacial score (nSPS) is 14.1. The molecule has 0 aliphatic carbocycles. The molecule has 0 saturated carbocycles. The van der Waals surface area contributed by atoms with Crippen molar-refractivity contribution in [1.82, 2.24) is 20.9 Å². The molecule has 31 heavy (non-hydrogen) atoms. The first kappa shape index (κ1) is 25.1. The summed E-state index contributed by atoms with van der Waals surface area (Å²) in [4.78, 5) is 18.8. The van der Waals surface area contributed by atoms with Crippen LogP contribution in [0.4, 0.5) is 0 Å². The predicted octanol–water partition coefficient (Wildman–Crippen LogP) is 3.52. The van der Waals surface area contributed by atoms with Gasteiger partial charge in [0.2, 0.25) is 0 Å². The lowest BCUT2D eigenvalue weighted by Gasteiger charge is -2.15. The third-order valence-corrected chi connectivity index (χ3v) is 5.29. The van der Waals surface area contributed by atoms with E-state index >= 15 is 0 Å². The van der Waals surface area contributed by atoms with E-state index in [1.807, 2.05) is 24.3 Å². The van der Waals surface area contributed by atoms with Crippen molar-refractivity contribution in [2.75, 3.05) is 26.7 Å². The van der Waals surface area contributed by atoms with Crippen LogP contribution in [0.2, 0.25) is 0 Å². The summed E-state index contributed by atoms with van der Waals surface area (Å²) >= 11 is 0. The number of likely N-dealkylation sites (tertiary alicyclic amines) is 1. The highest BCUT2D eigenvalue weighted by Crippen LogP contribution is 2.13. The van der Waals surface area contributed by atoms with Crippen molar-refractivity contribution in [2.45, 2.75) is 39.4 Å². The minimum Gasteiger partial charge on any atom is -0.357 e. The van der Waals surface area contributed by atoms with Crippen molar-refractivity contribution in [1.29, 1.82) is 0 Å². The van der Waals surface area contributed by atoms with Crippen molar-refractivity contribution in [3.8, 4) is 0 Å². The van der Waals surface area contributed by atoms with Gasteiger partial charge in [-0.15, -0.1) is 24.0 Å². The van der Waals surface area contributed by atoms with Crippen LogP contribution in [0.3, 0.4) is 0 Å². The van der Waals surface area contributed by atoms with Crippen LogP contribution in [-0.4, -0.2) is 43.4 Å². The Balaban J connectivity index is 0.00000341. The first-order valence-corrected chi connectivity index (χ1v) is 10.8. The predicted molar refractivity (Wildman–Crippen MR) is 138 cm³/mol. The Hall–Kier alpha value is -2.13. The van der Waals surface area contributed by atoms with Gasteiger partial charge < -0.3 is 16.0 Å². The van der Waals surface area contributed by atoms with Crippen molar-refractivity contribution in [3.05, 3.63) is 70.8 Å². The van der Waals surface area contributed by atoms with E-state index in [2.05, 4.69) is 57.0 Å². The third kappa shape index (κ3) is 8.14. The van der Waals surface area contributed by atoms with Crippen LogP contribution in [-0.2, 0) is 19.6 Å². The highest BCUT2D eigenvalue weighted by Gasteiger charge is 2.11. The van der Waals surface area contributed by atoms with Gasteiger partial charge in [-0.2, -0.15) is 0 Å². The molecule has 0 unspecified atom stereocenters. The molecule has 6 nitrogen and oxygen atoms in total. The minimum absolute atomic E-state index is 0. The van der Waals surface area contributed by atoms with E-state index in [4.69, 9.17) is 0 Å². The van der Waals surface area contributed by atoms with Crippen LogP contribution >= 0.6 is 24.0 Å². The smallest absolute Gasteiger partial charge is 0.251 e. The molecule has 0 aromatic heterocycles. The van der Waals surface area contributed by atoms with Gasteiger partial charge in [0.05, 0.1) is 6.54 Å². The van der Waals surface area contributed by atoms with Crippen LogP contribution in [0.5, 0.6) is 0 Å². The lowest BCUT2D eigenvalue weighted by Crippen LogP contribution is -2.36. The largest absolute Gasteiger partial charge is 0.357 e. The zero-order valence-corrected chi connectivity index (χ0v) is 20.8. The molecule has 7 heteroatoms. The van der Waals surface area contributed by atoms with Gasteiger partial charge in [0.15, 0.2) is 5.96 Å². The van der Waals surface area contributed by atoms with E-state index in [1.54, 1.807) is 7.05 Å². The van der Waals surface area contributed by atoms with E-state index in [-0.39, 0.29) is 29.9 Å². The summed E-state index contributed by atoms with van der Waals surface area (Å²) in [6.45, 7) is 7.64. The molecule has 1 aliphatic rings. The van der Waals surface area contributed by atoms with Crippen LogP contribution in [0, 0.1) is 0 Å². The SMILES string of the molecule is CCNC(=NCc1ccc(C(=O)NC)cc1)NCc1ccc(CN2CCCC2)cc1.I. The molecule has 1 saturated heterocycles. The van der Waals surface area contributed by atoms with Gasteiger partial charge >= 0.3 is 0 Å². The summed E-state index contributed by atoms with van der Waals surface area (Å²) in [5, 5.41) is 9.32. The van der Waals surface area contributed by atoms with E-state index in [1.165, 1.54) is 37.1 Å². The van der Waals surface area contributed by atoms with Crippen LogP contribution in [0.1, 0.15) is 46.8 Å². The maximum atomic E-state index is 11.6. The monoisotopic (exact) mass is 535 g/mol. The van der Waals surface area contributed by atoms with Crippen molar-refractivity contribution >= 4 is 35.8 Å². The van der Waals surface area contributed by atoms with E-state index in [0.29, 0.717) is 12.1 Å². The Morgan fingerprint density at radius 3 is 2.16 bits per heavy atom. The summed E-state index contributed by atoms with van der Waals surface area (Å²) in [5.74, 6) is 0.709. The number of carbonyl (C=O) groups is 1. The summed E-state index contributed by atoms with van der Waals surface area (Å²) in [6.07, 6.45) is 2.65. The Kier molecular flexibility index (Phi) is 10.8. The van der Waals surface area contributed by atoms with Gasteiger partial charge in [0.25, 0.3) is 5.91 Å². The molecule has 2 aromatic rings. The van der Waals surface area contributed by atoms with Gasteiger partial charge in [-0.1, -0.05) is 36.4 Å². The fourth-order valence-corrected chi connectivity index (χ4v) is 3.57. The van der Waals surface area contributed by atoms with E-state index in [9.17, 15) is 4.79 Å². The van der Waals surface area contributed by atoms with E-state index < -0.39 is 0 Å². The number of carbonyl (C=O) groups excluding carboxylic acids is 1. The minimum atomic E-state index is -0.0773. The molecular weight excluding hydrogens is 501 g/mol. The fraction of sp³-hybridized carbons (Fsp3) is 0.417. The van der Waals surface area contributed by atoms with Gasteiger partial charge in [-0.3, -0.25) is 9.69 Å². The number of aliphatic imine (C=N–C) groups is 1. The number of nitrogens with zero attached hydrogens (tertiary/aromatic N) is 2. The first-order chi connectivity index (χ1) is 14.7. The maximum absolute atomic E-state index is 11.6. The van der Waals surface area contributed by atoms with Gasteiger partial charge in [-0.25, -0.2) is 4.99 Å². The number of guanidine groups is 1.